The Hall–Kier alpha value is -1.68. The average molecular weight is 340 g/mol. The van der Waals surface area contributed by atoms with Crippen molar-refractivity contribution in [2.75, 3.05) is 0 Å². The van der Waals surface area contributed by atoms with E-state index in [9.17, 15) is 26.4 Å². The first-order chi connectivity index (χ1) is 9.95. The number of halogens is 3. The zero-order valence-electron chi connectivity index (χ0n) is 11.8. The van der Waals surface area contributed by atoms with Crippen LogP contribution in [-0.2, 0) is 21.0 Å². The quantitative estimate of drug-likeness (QED) is 0.824. The zero-order valence-corrected chi connectivity index (χ0v) is 12.6. The van der Waals surface area contributed by atoms with E-state index in [1.54, 1.807) is 18.6 Å². The molecular weight excluding hydrogens is 325 g/mol. The number of aromatic nitrogens is 1. The van der Waals surface area contributed by atoms with Gasteiger partial charge in [-0.05, 0) is 24.5 Å². The number of aliphatic carboxylic acids is 1. The van der Waals surface area contributed by atoms with Crippen LogP contribution >= 0.6 is 0 Å². The van der Waals surface area contributed by atoms with E-state index in [0.29, 0.717) is 0 Å². The Morgan fingerprint density at radius 3 is 2.45 bits per heavy atom. The first-order valence-electron chi connectivity index (χ1n) is 6.22. The lowest BCUT2D eigenvalue weighted by Crippen LogP contribution is -2.42. The van der Waals surface area contributed by atoms with Crippen LogP contribution < -0.4 is 4.72 Å². The number of nitrogens with one attached hydrogen (secondary N) is 1. The highest BCUT2D eigenvalue weighted by atomic mass is 32.2. The molecule has 0 saturated carbocycles. The van der Waals surface area contributed by atoms with E-state index in [2.05, 4.69) is 4.98 Å². The van der Waals surface area contributed by atoms with E-state index < -0.39 is 38.8 Å². The normalized spacial score (nSPS) is 14.1. The summed E-state index contributed by atoms with van der Waals surface area (Å²) in [6, 6.07) is 0.236. The number of alkyl halides is 3. The third kappa shape index (κ3) is 4.67. The molecule has 1 aromatic heterocycles. The fourth-order valence-electron chi connectivity index (χ4n) is 1.74. The van der Waals surface area contributed by atoms with Crippen LogP contribution in [0, 0.1) is 5.92 Å². The molecule has 1 rings (SSSR count). The molecule has 0 fully saturated rings. The topological polar surface area (TPSA) is 96.4 Å². The molecule has 1 heterocycles. The molecule has 0 saturated heterocycles. The van der Waals surface area contributed by atoms with Gasteiger partial charge in [-0.25, -0.2) is 8.42 Å². The van der Waals surface area contributed by atoms with Crippen LogP contribution in [0.1, 0.15) is 26.0 Å². The lowest BCUT2D eigenvalue weighted by molar-refractivity contribution is -0.143. The summed E-state index contributed by atoms with van der Waals surface area (Å²) >= 11 is 0. The van der Waals surface area contributed by atoms with Crippen molar-refractivity contribution in [2.24, 2.45) is 5.92 Å². The molecule has 0 radical (unpaired) electrons. The van der Waals surface area contributed by atoms with E-state index in [-0.39, 0.29) is 12.3 Å². The minimum absolute atomic E-state index is 0.0593. The largest absolute Gasteiger partial charge is 0.480 e. The Labute approximate surface area is 125 Å². The number of carboxylic acids is 1. The lowest BCUT2D eigenvalue weighted by Gasteiger charge is -2.18. The van der Waals surface area contributed by atoms with Crippen LogP contribution in [0.3, 0.4) is 0 Å². The van der Waals surface area contributed by atoms with E-state index in [4.69, 9.17) is 5.11 Å². The van der Waals surface area contributed by atoms with Crippen molar-refractivity contribution in [3.05, 3.63) is 24.0 Å². The summed E-state index contributed by atoms with van der Waals surface area (Å²) in [7, 11) is -4.68. The average Bonchev–Trinajstić information content (AvgIpc) is 2.36. The first-order valence-corrected chi connectivity index (χ1v) is 7.71. The van der Waals surface area contributed by atoms with Crippen molar-refractivity contribution in [1.29, 1.82) is 0 Å². The van der Waals surface area contributed by atoms with Crippen LogP contribution in [-0.4, -0.2) is 30.5 Å². The van der Waals surface area contributed by atoms with Gasteiger partial charge in [0.05, 0.1) is 0 Å². The number of sulfonamides is 1. The van der Waals surface area contributed by atoms with Gasteiger partial charge in [0.25, 0.3) is 0 Å². The number of carbonyl (C=O) groups is 1. The van der Waals surface area contributed by atoms with Gasteiger partial charge >= 0.3 is 12.1 Å². The van der Waals surface area contributed by atoms with Crippen LogP contribution in [0.2, 0.25) is 0 Å². The highest BCUT2D eigenvalue weighted by Crippen LogP contribution is 2.32. The van der Waals surface area contributed by atoms with Gasteiger partial charge in [-0.15, -0.1) is 0 Å². The Balaban J connectivity index is 3.22. The summed E-state index contributed by atoms with van der Waals surface area (Å²) in [6.45, 7) is 3.32. The number of hydrogen-bond donors (Lipinski definition) is 2. The highest BCUT2D eigenvalue weighted by molar-refractivity contribution is 7.89. The highest BCUT2D eigenvalue weighted by Gasteiger charge is 2.39. The summed E-state index contributed by atoms with van der Waals surface area (Å²) < 4.78 is 64.4. The Bertz CT molecular complexity index is 644. The third-order valence-electron chi connectivity index (χ3n) is 2.63. The van der Waals surface area contributed by atoms with Gasteiger partial charge in [0, 0.05) is 6.20 Å². The Kier molecular flexibility index (Phi) is 5.52. The molecule has 10 heteroatoms. The first kappa shape index (κ1) is 18.4. The molecule has 0 aliphatic heterocycles. The second-order valence-electron chi connectivity index (χ2n) is 4.99. The molecule has 22 heavy (non-hydrogen) atoms. The van der Waals surface area contributed by atoms with Crippen LogP contribution in [0.15, 0.2) is 23.2 Å². The summed E-state index contributed by atoms with van der Waals surface area (Å²) in [4.78, 5) is 13.0. The monoisotopic (exact) mass is 340 g/mol. The maximum absolute atomic E-state index is 12.8. The fraction of sp³-hybridized carbons (Fsp3) is 0.500. The van der Waals surface area contributed by atoms with Crippen LogP contribution in [0.25, 0.3) is 0 Å². The predicted octanol–water partition coefficient (Wildman–Crippen LogP) is 1.88. The standard InChI is InChI=1S/C12H15F3N2O4S/c1-7(2)6-8(11(18)19)17-22(20,21)9-4-3-5-16-10(9)12(13,14)15/h3-5,7-8,17H,6H2,1-2H3,(H,18,19)/t8-/m1/s1. The summed E-state index contributed by atoms with van der Waals surface area (Å²) in [5, 5.41) is 9.00. The minimum atomic E-state index is -4.97. The molecule has 0 bridgehead atoms. The molecule has 0 amide bonds. The molecular formula is C12H15F3N2O4S. The van der Waals surface area contributed by atoms with Crippen molar-refractivity contribution < 1.29 is 31.5 Å². The van der Waals surface area contributed by atoms with Crippen LogP contribution in [0.5, 0.6) is 0 Å². The van der Waals surface area contributed by atoms with Gasteiger partial charge in [-0.3, -0.25) is 9.78 Å². The van der Waals surface area contributed by atoms with E-state index >= 15 is 0 Å². The molecule has 1 aromatic rings. The molecule has 1 atom stereocenters. The van der Waals surface area contributed by atoms with Gasteiger partial charge in [0.2, 0.25) is 10.0 Å². The number of rotatable bonds is 6. The Morgan fingerprint density at radius 1 is 1.41 bits per heavy atom. The summed E-state index contributed by atoms with van der Waals surface area (Å²) in [6.07, 6.45) is -4.22. The molecule has 0 aromatic carbocycles. The fourth-order valence-corrected chi connectivity index (χ4v) is 3.12. The van der Waals surface area contributed by atoms with Crippen molar-refractivity contribution in [3.8, 4) is 0 Å². The number of carboxylic acid groups (broad SMARTS) is 1. The molecule has 0 unspecified atom stereocenters. The number of nitrogens with zero attached hydrogens (tertiary/aromatic N) is 1. The zero-order chi connectivity index (χ0) is 17.1. The molecule has 0 aliphatic rings. The van der Waals surface area contributed by atoms with Gasteiger partial charge in [-0.1, -0.05) is 13.8 Å². The van der Waals surface area contributed by atoms with Gasteiger partial charge in [0.1, 0.15) is 10.9 Å². The SMILES string of the molecule is CC(C)C[C@@H](NS(=O)(=O)c1cccnc1C(F)(F)F)C(=O)O. The Morgan fingerprint density at radius 2 is 2.00 bits per heavy atom. The molecule has 0 aliphatic carbocycles. The van der Waals surface area contributed by atoms with Crippen LogP contribution in [0.4, 0.5) is 13.2 Å². The molecule has 0 spiro atoms. The molecule has 2 N–H and O–H groups in total. The maximum atomic E-state index is 12.8. The van der Waals surface area contributed by atoms with E-state index in [1.165, 1.54) is 0 Å². The minimum Gasteiger partial charge on any atom is -0.480 e. The second kappa shape index (κ2) is 6.61. The smallest absolute Gasteiger partial charge is 0.434 e. The molecule has 6 nitrogen and oxygen atoms in total. The number of hydrogen-bond acceptors (Lipinski definition) is 4. The maximum Gasteiger partial charge on any atom is 0.434 e. The predicted molar refractivity (Wildman–Crippen MR) is 70.4 cm³/mol. The summed E-state index contributed by atoms with van der Waals surface area (Å²) in [5.41, 5.74) is -1.59. The number of pyridine rings is 1. The third-order valence-corrected chi connectivity index (χ3v) is 4.13. The van der Waals surface area contributed by atoms with Crippen molar-refractivity contribution in [3.63, 3.8) is 0 Å². The van der Waals surface area contributed by atoms with Crippen molar-refractivity contribution in [2.45, 2.75) is 37.4 Å². The molecule has 124 valence electrons. The summed E-state index contributed by atoms with van der Waals surface area (Å²) in [5.74, 6) is -1.63. The lowest BCUT2D eigenvalue weighted by atomic mass is 10.1. The van der Waals surface area contributed by atoms with Gasteiger partial charge < -0.3 is 5.11 Å². The van der Waals surface area contributed by atoms with Crippen molar-refractivity contribution in [1.82, 2.24) is 9.71 Å². The van der Waals surface area contributed by atoms with Gasteiger partial charge in [0.15, 0.2) is 5.69 Å². The van der Waals surface area contributed by atoms with Crippen molar-refractivity contribution >= 4 is 16.0 Å². The second-order valence-corrected chi connectivity index (χ2v) is 6.67. The van der Waals surface area contributed by atoms with Gasteiger partial charge in [-0.2, -0.15) is 17.9 Å². The van der Waals surface area contributed by atoms with E-state index in [0.717, 1.165) is 18.3 Å². The van der Waals surface area contributed by atoms with E-state index in [1.807, 2.05) is 0 Å².